The lowest BCUT2D eigenvalue weighted by molar-refractivity contribution is 0.0414. The normalized spacial score (nSPS) is 12.6. The summed E-state index contributed by atoms with van der Waals surface area (Å²) in [6.07, 6.45) is 8.98. The fourth-order valence-corrected chi connectivity index (χ4v) is 2.19. The SMILES string of the molecule is CCCCCOC(CC)CCCc1ccccc1. The molecule has 0 spiro atoms. The molecule has 0 aliphatic carbocycles. The minimum absolute atomic E-state index is 0.463. The molecule has 1 nitrogen and oxygen atoms in total. The van der Waals surface area contributed by atoms with Crippen molar-refractivity contribution in [2.24, 2.45) is 0 Å². The summed E-state index contributed by atoms with van der Waals surface area (Å²) in [5, 5.41) is 0. The van der Waals surface area contributed by atoms with Gasteiger partial charge in [-0.25, -0.2) is 0 Å². The van der Waals surface area contributed by atoms with Crippen molar-refractivity contribution in [3.05, 3.63) is 35.9 Å². The van der Waals surface area contributed by atoms with Gasteiger partial charge in [0.15, 0.2) is 0 Å². The maximum Gasteiger partial charge on any atom is 0.0572 e. The first-order valence-corrected chi connectivity index (χ1v) is 7.52. The molecule has 0 aliphatic rings. The van der Waals surface area contributed by atoms with E-state index in [1.807, 2.05) is 0 Å². The molecule has 0 N–H and O–H groups in total. The summed E-state index contributed by atoms with van der Waals surface area (Å²) < 4.78 is 5.93. The zero-order valence-electron chi connectivity index (χ0n) is 12.0. The molecular formula is C17H28O. The first-order valence-electron chi connectivity index (χ1n) is 7.52. The average molecular weight is 248 g/mol. The molecule has 102 valence electrons. The van der Waals surface area contributed by atoms with E-state index in [0.29, 0.717) is 6.10 Å². The number of hydrogen-bond acceptors (Lipinski definition) is 1. The van der Waals surface area contributed by atoms with Crippen LogP contribution in [0.15, 0.2) is 30.3 Å². The fourth-order valence-electron chi connectivity index (χ4n) is 2.19. The third-order valence-electron chi connectivity index (χ3n) is 3.39. The molecule has 18 heavy (non-hydrogen) atoms. The monoisotopic (exact) mass is 248 g/mol. The molecular weight excluding hydrogens is 220 g/mol. The first kappa shape index (κ1) is 15.2. The van der Waals surface area contributed by atoms with Gasteiger partial charge in [-0.15, -0.1) is 0 Å². The Morgan fingerprint density at radius 1 is 1.00 bits per heavy atom. The van der Waals surface area contributed by atoms with Crippen molar-refractivity contribution < 1.29 is 4.74 Å². The van der Waals surface area contributed by atoms with Gasteiger partial charge >= 0.3 is 0 Å². The van der Waals surface area contributed by atoms with Crippen LogP contribution >= 0.6 is 0 Å². The van der Waals surface area contributed by atoms with Crippen LogP contribution < -0.4 is 0 Å². The highest BCUT2D eigenvalue weighted by Gasteiger charge is 2.06. The number of hydrogen-bond donors (Lipinski definition) is 0. The standard InChI is InChI=1S/C17H28O/c1-3-5-9-15-18-17(4-2)14-10-13-16-11-7-6-8-12-16/h6-8,11-12,17H,3-5,9-10,13-15H2,1-2H3. The van der Waals surface area contributed by atoms with Crippen LogP contribution in [0.1, 0.15) is 57.9 Å². The summed E-state index contributed by atoms with van der Waals surface area (Å²) in [5.74, 6) is 0. The van der Waals surface area contributed by atoms with E-state index in [4.69, 9.17) is 4.74 Å². The predicted molar refractivity (Wildman–Crippen MR) is 78.9 cm³/mol. The van der Waals surface area contributed by atoms with Crippen LogP contribution in [-0.4, -0.2) is 12.7 Å². The highest BCUT2D eigenvalue weighted by molar-refractivity contribution is 5.14. The lowest BCUT2D eigenvalue weighted by Gasteiger charge is -2.16. The largest absolute Gasteiger partial charge is 0.378 e. The van der Waals surface area contributed by atoms with E-state index in [9.17, 15) is 0 Å². The number of aryl methyl sites for hydroxylation is 1. The molecule has 1 unspecified atom stereocenters. The van der Waals surface area contributed by atoms with E-state index in [1.165, 1.54) is 44.1 Å². The zero-order valence-corrected chi connectivity index (χ0v) is 12.0. The van der Waals surface area contributed by atoms with Gasteiger partial charge in [0.05, 0.1) is 6.10 Å². The summed E-state index contributed by atoms with van der Waals surface area (Å²) in [5.41, 5.74) is 1.44. The van der Waals surface area contributed by atoms with Crippen molar-refractivity contribution in [1.82, 2.24) is 0 Å². The molecule has 0 fully saturated rings. The minimum Gasteiger partial charge on any atom is -0.378 e. The maximum atomic E-state index is 5.93. The molecule has 0 aliphatic heterocycles. The van der Waals surface area contributed by atoms with E-state index in [1.54, 1.807) is 0 Å². The van der Waals surface area contributed by atoms with Gasteiger partial charge in [-0.05, 0) is 37.7 Å². The van der Waals surface area contributed by atoms with E-state index < -0.39 is 0 Å². The Hall–Kier alpha value is -0.820. The van der Waals surface area contributed by atoms with Crippen molar-refractivity contribution >= 4 is 0 Å². The van der Waals surface area contributed by atoms with E-state index in [0.717, 1.165) is 13.0 Å². The van der Waals surface area contributed by atoms with Crippen LogP contribution in [0.2, 0.25) is 0 Å². The number of rotatable bonds is 10. The smallest absolute Gasteiger partial charge is 0.0572 e. The molecule has 1 atom stereocenters. The highest BCUT2D eigenvalue weighted by Crippen LogP contribution is 2.11. The van der Waals surface area contributed by atoms with Gasteiger partial charge in [-0.3, -0.25) is 0 Å². The second-order valence-electron chi connectivity index (χ2n) is 4.99. The van der Waals surface area contributed by atoms with Crippen LogP contribution in [0, 0.1) is 0 Å². The summed E-state index contributed by atoms with van der Waals surface area (Å²) in [7, 11) is 0. The number of unbranched alkanes of at least 4 members (excludes halogenated alkanes) is 2. The second-order valence-corrected chi connectivity index (χ2v) is 4.99. The third kappa shape index (κ3) is 6.80. The molecule has 0 radical (unpaired) electrons. The van der Waals surface area contributed by atoms with Crippen molar-refractivity contribution in [3.8, 4) is 0 Å². The van der Waals surface area contributed by atoms with Gasteiger partial charge in [-0.2, -0.15) is 0 Å². The molecule has 0 amide bonds. The average Bonchev–Trinajstić information content (AvgIpc) is 2.42. The summed E-state index contributed by atoms with van der Waals surface area (Å²) in [6.45, 7) is 5.40. The zero-order chi connectivity index (χ0) is 13.1. The Bertz CT molecular complexity index is 281. The molecule has 0 heterocycles. The number of benzene rings is 1. The van der Waals surface area contributed by atoms with Crippen molar-refractivity contribution in [3.63, 3.8) is 0 Å². The van der Waals surface area contributed by atoms with Crippen molar-refractivity contribution in [1.29, 1.82) is 0 Å². The summed E-state index contributed by atoms with van der Waals surface area (Å²) in [4.78, 5) is 0. The van der Waals surface area contributed by atoms with E-state index >= 15 is 0 Å². The summed E-state index contributed by atoms with van der Waals surface area (Å²) in [6, 6.07) is 10.7. The molecule has 1 aromatic rings. The van der Waals surface area contributed by atoms with Crippen molar-refractivity contribution in [2.75, 3.05) is 6.61 Å². The minimum atomic E-state index is 0.463. The Labute approximate surface area is 113 Å². The number of ether oxygens (including phenoxy) is 1. The van der Waals surface area contributed by atoms with E-state index in [-0.39, 0.29) is 0 Å². The van der Waals surface area contributed by atoms with Crippen LogP contribution in [0.5, 0.6) is 0 Å². The van der Waals surface area contributed by atoms with Gasteiger partial charge < -0.3 is 4.74 Å². The van der Waals surface area contributed by atoms with Crippen LogP contribution in [0.3, 0.4) is 0 Å². The quantitative estimate of drug-likeness (QED) is 0.530. The molecule has 0 saturated carbocycles. The molecule has 1 rings (SSSR count). The van der Waals surface area contributed by atoms with Gasteiger partial charge in [0.1, 0.15) is 0 Å². The van der Waals surface area contributed by atoms with Crippen LogP contribution in [-0.2, 0) is 11.2 Å². The Kier molecular flexibility index (Phi) is 8.58. The molecule has 0 saturated heterocycles. The molecule has 0 aromatic heterocycles. The Morgan fingerprint density at radius 2 is 1.78 bits per heavy atom. The first-order chi connectivity index (χ1) is 8.86. The maximum absolute atomic E-state index is 5.93. The second kappa shape index (κ2) is 10.1. The molecule has 1 aromatic carbocycles. The highest BCUT2D eigenvalue weighted by atomic mass is 16.5. The van der Waals surface area contributed by atoms with Gasteiger partial charge in [0.2, 0.25) is 0 Å². The fraction of sp³-hybridized carbons (Fsp3) is 0.647. The van der Waals surface area contributed by atoms with Crippen molar-refractivity contribution in [2.45, 2.75) is 64.9 Å². The Balaban J connectivity index is 2.11. The summed E-state index contributed by atoms with van der Waals surface area (Å²) >= 11 is 0. The van der Waals surface area contributed by atoms with Gasteiger partial charge in [0, 0.05) is 6.61 Å². The topological polar surface area (TPSA) is 9.23 Å². The van der Waals surface area contributed by atoms with Crippen LogP contribution in [0.25, 0.3) is 0 Å². The lowest BCUT2D eigenvalue weighted by atomic mass is 10.0. The van der Waals surface area contributed by atoms with Crippen LogP contribution in [0.4, 0.5) is 0 Å². The van der Waals surface area contributed by atoms with E-state index in [2.05, 4.69) is 44.2 Å². The third-order valence-corrected chi connectivity index (χ3v) is 3.39. The predicted octanol–water partition coefficient (Wildman–Crippen LogP) is 4.99. The van der Waals surface area contributed by atoms with Gasteiger partial charge in [-0.1, -0.05) is 57.0 Å². The molecule has 1 heteroatoms. The molecule has 0 bridgehead atoms. The Morgan fingerprint density at radius 3 is 2.44 bits per heavy atom. The lowest BCUT2D eigenvalue weighted by Crippen LogP contribution is -2.13. The van der Waals surface area contributed by atoms with Gasteiger partial charge in [0.25, 0.3) is 0 Å².